The molecule has 0 aromatic heterocycles. The summed E-state index contributed by atoms with van der Waals surface area (Å²) in [6.07, 6.45) is 0.699. The molecule has 6 atom stereocenters. The van der Waals surface area contributed by atoms with Gasteiger partial charge in [-0.05, 0) is 45.4 Å². The van der Waals surface area contributed by atoms with Gasteiger partial charge in [0.2, 0.25) is 12.6 Å². The fraction of sp³-hybridized carbons (Fsp3) is 0.516. The van der Waals surface area contributed by atoms with E-state index in [0.29, 0.717) is 35.0 Å². The third kappa shape index (κ3) is 3.92. The summed E-state index contributed by atoms with van der Waals surface area (Å²) in [5, 5.41) is 11.2. The van der Waals surface area contributed by atoms with Gasteiger partial charge in [-0.2, -0.15) is 0 Å². The van der Waals surface area contributed by atoms with Crippen LogP contribution in [0.5, 0.6) is 28.7 Å². The lowest BCUT2D eigenvalue weighted by Crippen LogP contribution is -2.68. The van der Waals surface area contributed by atoms with E-state index in [4.69, 9.17) is 23.7 Å². The Balaban J connectivity index is 1.55. The van der Waals surface area contributed by atoms with Crippen LogP contribution in [0.2, 0.25) is 0 Å². The number of Topliss-reactive ketones (excluding diaryl/α,β-unsaturated/α-hetero) is 1. The van der Waals surface area contributed by atoms with Gasteiger partial charge in [0.15, 0.2) is 23.0 Å². The highest BCUT2D eigenvalue weighted by Crippen LogP contribution is 2.63. The quantitative estimate of drug-likeness (QED) is 0.305. The molecule has 0 amide bonds. The number of aromatic hydroxyl groups is 1. The zero-order valence-corrected chi connectivity index (χ0v) is 25.7. The van der Waals surface area contributed by atoms with Crippen LogP contribution in [0.1, 0.15) is 64.6 Å². The Labute approximate surface area is 253 Å². The summed E-state index contributed by atoms with van der Waals surface area (Å²) in [5.74, 6) is -0.188. The van der Waals surface area contributed by atoms with Crippen LogP contribution in [0.25, 0.3) is 0 Å². The van der Waals surface area contributed by atoms with E-state index in [1.165, 1.54) is 18.7 Å². The molecule has 4 bridgehead atoms. The normalized spacial score (nSPS) is 29.3. The van der Waals surface area contributed by atoms with Gasteiger partial charge in [-0.3, -0.25) is 19.4 Å². The number of esters is 2. The standard InChI is InChI=1S/C31H34N2O9S/c1-12-7-16-8-17-14(3)33-18-9-39-31(37)19(35)10-43-30(24(33)23(32(17)5)20(16)25(36)26(12)38-6)22-21(18)29-28(40-11-41-29)13(2)27(22)42-15(4)34/h7,14,17-18,23-24,30,36H,8-11H2,1-6H3/t14-,17-,18-,23?,24?,30+/m0/s1. The molecule has 2 aromatic rings. The van der Waals surface area contributed by atoms with Crippen molar-refractivity contribution in [3.63, 3.8) is 0 Å². The van der Waals surface area contributed by atoms with E-state index >= 15 is 0 Å². The molecule has 2 saturated heterocycles. The molecule has 7 rings (SSSR count). The minimum Gasteiger partial charge on any atom is -0.504 e. The topological polar surface area (TPSA) is 124 Å². The minimum absolute atomic E-state index is 0.00229. The molecule has 2 fully saturated rings. The van der Waals surface area contributed by atoms with Gasteiger partial charge in [-0.15, -0.1) is 11.8 Å². The second kappa shape index (κ2) is 10.0. The second-order valence-electron chi connectivity index (χ2n) is 11.9. The molecule has 5 heterocycles. The van der Waals surface area contributed by atoms with Crippen LogP contribution in [-0.2, 0) is 25.5 Å². The van der Waals surface area contributed by atoms with Crippen molar-refractivity contribution in [2.45, 2.75) is 69.6 Å². The van der Waals surface area contributed by atoms with Gasteiger partial charge in [0.25, 0.3) is 0 Å². The van der Waals surface area contributed by atoms with Crippen molar-refractivity contribution in [2.75, 3.05) is 33.3 Å². The molecule has 2 aromatic carbocycles. The van der Waals surface area contributed by atoms with Gasteiger partial charge in [0.1, 0.15) is 12.4 Å². The number of hydrogen-bond donors (Lipinski definition) is 1. The number of cyclic esters (lactones) is 1. The molecule has 0 radical (unpaired) electrons. The number of likely N-dealkylation sites (N-methyl/N-ethyl adjacent to an activating group) is 1. The lowest BCUT2D eigenvalue weighted by atomic mass is 9.71. The number of benzene rings is 2. The molecular weight excluding hydrogens is 576 g/mol. The number of nitrogens with zero attached hydrogens (tertiary/aromatic N) is 2. The van der Waals surface area contributed by atoms with E-state index in [1.54, 1.807) is 7.11 Å². The summed E-state index contributed by atoms with van der Waals surface area (Å²) in [6.45, 7) is 7.17. The van der Waals surface area contributed by atoms with Crippen LogP contribution in [-0.4, -0.2) is 84.1 Å². The van der Waals surface area contributed by atoms with Gasteiger partial charge in [-0.1, -0.05) is 6.07 Å². The SMILES string of the molecule is COc1c(C)cc2c(c1O)C1C3[C@@H]4SCC(=O)C(=O)OC[C@@H](c5c6c(c(C)c(OC(C)=O)c54)OCO6)N3[C@@H](C)[C@H](C2)N1C. The van der Waals surface area contributed by atoms with Crippen LogP contribution in [0.3, 0.4) is 0 Å². The summed E-state index contributed by atoms with van der Waals surface area (Å²) in [7, 11) is 3.62. The molecule has 43 heavy (non-hydrogen) atoms. The Morgan fingerprint density at radius 1 is 1.09 bits per heavy atom. The molecule has 12 heteroatoms. The maximum atomic E-state index is 12.9. The van der Waals surface area contributed by atoms with E-state index in [9.17, 15) is 19.5 Å². The van der Waals surface area contributed by atoms with Crippen LogP contribution < -0.4 is 18.9 Å². The molecule has 2 unspecified atom stereocenters. The number of phenols is 1. The molecule has 0 saturated carbocycles. The van der Waals surface area contributed by atoms with E-state index in [2.05, 4.69) is 29.8 Å². The minimum atomic E-state index is -0.871. The molecule has 5 aliphatic heterocycles. The van der Waals surface area contributed by atoms with Crippen LogP contribution in [0, 0.1) is 13.8 Å². The van der Waals surface area contributed by atoms with Crippen molar-refractivity contribution in [2.24, 2.45) is 0 Å². The summed E-state index contributed by atoms with van der Waals surface area (Å²) in [6, 6.07) is 0.945. The lowest BCUT2D eigenvalue weighted by Gasteiger charge is -2.62. The lowest BCUT2D eigenvalue weighted by molar-refractivity contribution is -0.157. The number of thioether (sulfide) groups is 1. The first-order valence-corrected chi connectivity index (χ1v) is 15.4. The Bertz CT molecular complexity index is 1590. The number of fused-ring (bicyclic) bond motifs is 9. The number of piperazine rings is 1. The largest absolute Gasteiger partial charge is 0.504 e. The molecule has 228 valence electrons. The number of methoxy groups -OCH3 is 1. The van der Waals surface area contributed by atoms with Gasteiger partial charge in [0, 0.05) is 47.3 Å². The number of ether oxygens (including phenoxy) is 5. The summed E-state index contributed by atoms with van der Waals surface area (Å²) < 4.78 is 29.2. The van der Waals surface area contributed by atoms with E-state index in [1.807, 2.05) is 13.8 Å². The third-order valence-electron chi connectivity index (χ3n) is 9.75. The molecule has 0 aliphatic carbocycles. The Morgan fingerprint density at radius 2 is 1.84 bits per heavy atom. The van der Waals surface area contributed by atoms with Crippen LogP contribution in [0.15, 0.2) is 6.07 Å². The van der Waals surface area contributed by atoms with Gasteiger partial charge in [-0.25, -0.2) is 4.79 Å². The van der Waals surface area contributed by atoms with E-state index in [-0.39, 0.29) is 49.1 Å². The molecule has 11 nitrogen and oxygen atoms in total. The maximum Gasteiger partial charge on any atom is 0.375 e. The molecular formula is C31H34N2O9S. The smallest absolute Gasteiger partial charge is 0.375 e. The van der Waals surface area contributed by atoms with Gasteiger partial charge in [0.05, 0.1) is 30.2 Å². The first-order chi connectivity index (χ1) is 20.5. The molecule has 0 spiro atoms. The Kier molecular flexibility index (Phi) is 6.60. The van der Waals surface area contributed by atoms with Crippen molar-refractivity contribution in [3.8, 4) is 28.7 Å². The number of rotatable bonds is 2. The number of phenolic OH excluding ortho intramolecular Hbond substituents is 1. The average Bonchev–Trinajstić information content (AvgIpc) is 3.45. The number of aryl methyl sites for hydroxylation is 1. The first-order valence-electron chi connectivity index (χ1n) is 14.4. The van der Waals surface area contributed by atoms with Crippen LogP contribution in [0.4, 0.5) is 0 Å². The summed E-state index contributed by atoms with van der Waals surface area (Å²) >= 11 is 1.32. The average molecular weight is 611 g/mol. The van der Waals surface area contributed by atoms with Crippen molar-refractivity contribution in [1.29, 1.82) is 0 Å². The number of ketones is 1. The number of carbonyl (C=O) groups is 3. The highest BCUT2D eigenvalue weighted by atomic mass is 32.2. The molecule has 5 aliphatic rings. The Hall–Kier alpha value is -3.48. The third-order valence-corrected chi connectivity index (χ3v) is 11.1. The second-order valence-corrected chi connectivity index (χ2v) is 13.0. The van der Waals surface area contributed by atoms with Crippen molar-refractivity contribution in [1.82, 2.24) is 9.80 Å². The fourth-order valence-electron chi connectivity index (χ4n) is 8.10. The monoisotopic (exact) mass is 610 g/mol. The fourth-order valence-corrected chi connectivity index (χ4v) is 9.43. The molecule has 1 N–H and O–H groups in total. The van der Waals surface area contributed by atoms with Crippen molar-refractivity contribution in [3.05, 3.63) is 39.4 Å². The maximum absolute atomic E-state index is 12.9. The zero-order valence-electron chi connectivity index (χ0n) is 24.9. The summed E-state index contributed by atoms with van der Waals surface area (Å²) in [4.78, 5) is 42.8. The first kappa shape index (κ1) is 28.3. The highest BCUT2D eigenvalue weighted by Gasteiger charge is 2.59. The number of hydrogen-bond acceptors (Lipinski definition) is 12. The highest BCUT2D eigenvalue weighted by molar-refractivity contribution is 8.00. The Morgan fingerprint density at radius 3 is 2.56 bits per heavy atom. The predicted molar refractivity (Wildman–Crippen MR) is 155 cm³/mol. The van der Waals surface area contributed by atoms with Crippen molar-refractivity contribution >= 4 is 29.5 Å². The van der Waals surface area contributed by atoms with E-state index < -0.39 is 29.0 Å². The number of carbonyl (C=O) groups excluding carboxylic acids is 3. The van der Waals surface area contributed by atoms with Gasteiger partial charge >= 0.3 is 11.9 Å². The predicted octanol–water partition coefficient (Wildman–Crippen LogP) is 3.30. The van der Waals surface area contributed by atoms with Crippen molar-refractivity contribution < 1.29 is 43.2 Å². The zero-order chi connectivity index (χ0) is 30.5. The summed E-state index contributed by atoms with van der Waals surface area (Å²) in [5.41, 5.74) is 4.78. The van der Waals surface area contributed by atoms with E-state index in [0.717, 1.165) is 27.8 Å². The van der Waals surface area contributed by atoms with Crippen LogP contribution >= 0.6 is 11.8 Å². The van der Waals surface area contributed by atoms with Gasteiger partial charge < -0.3 is 28.8 Å².